The van der Waals surface area contributed by atoms with Crippen LogP contribution in [0.3, 0.4) is 0 Å². The molecule has 0 unspecified atom stereocenters. The number of nitrogens with zero attached hydrogens (tertiary/aromatic N) is 3. The summed E-state index contributed by atoms with van der Waals surface area (Å²) in [5.74, 6) is -1.59. The van der Waals surface area contributed by atoms with E-state index in [2.05, 4.69) is 19.6 Å². The van der Waals surface area contributed by atoms with Crippen LogP contribution < -0.4 is 9.47 Å². The van der Waals surface area contributed by atoms with Gasteiger partial charge in [-0.15, -0.1) is 8.78 Å². The first-order valence-electron chi connectivity index (χ1n) is 12.9. The first-order chi connectivity index (χ1) is 21.4. The first-order valence-corrected chi connectivity index (χ1v) is 15.2. The summed E-state index contributed by atoms with van der Waals surface area (Å²) in [6, 6.07) is 9.95. The topological polar surface area (TPSA) is 117 Å². The number of halogens is 7. The lowest BCUT2D eigenvalue weighted by Crippen LogP contribution is -2.25. The van der Waals surface area contributed by atoms with Crippen molar-refractivity contribution in [3.8, 4) is 50.9 Å². The van der Waals surface area contributed by atoms with E-state index < -0.39 is 55.9 Å². The Balaban J connectivity index is 1.59. The number of alkyl halides is 5. The minimum absolute atomic E-state index is 0.0246. The average Bonchev–Trinajstić information content (AvgIpc) is 3.64. The highest BCUT2D eigenvalue weighted by molar-refractivity contribution is 7.90. The van der Waals surface area contributed by atoms with Crippen LogP contribution in [0.2, 0.25) is 5.02 Å². The zero-order valence-electron chi connectivity index (χ0n) is 23.3. The van der Waals surface area contributed by atoms with E-state index in [4.69, 9.17) is 16.0 Å². The van der Waals surface area contributed by atoms with Crippen molar-refractivity contribution in [3.63, 3.8) is 0 Å². The number of hydrogen-bond donors (Lipinski definition) is 1. The van der Waals surface area contributed by atoms with Crippen molar-refractivity contribution in [2.24, 2.45) is 0 Å². The number of benzene rings is 3. The summed E-state index contributed by atoms with van der Waals surface area (Å²) in [6.45, 7) is 0.564. The van der Waals surface area contributed by atoms with Crippen LogP contribution in [-0.4, -0.2) is 40.8 Å². The molecule has 240 valence electrons. The molecule has 0 spiro atoms. The Bertz CT molecular complexity index is 2150. The highest BCUT2D eigenvalue weighted by atomic mass is 35.5. The highest BCUT2D eigenvalue weighted by Crippen LogP contribution is 2.45. The Morgan fingerprint density at radius 2 is 1.70 bits per heavy atom. The summed E-state index contributed by atoms with van der Waals surface area (Å²) in [6.07, 6.45) is -7.07. The molecule has 0 bridgehead atoms. The van der Waals surface area contributed by atoms with E-state index in [1.807, 2.05) is 0 Å². The Hall–Kier alpha value is -4.54. The Kier molecular flexibility index (Phi) is 7.37. The molecule has 3 heterocycles. The molecule has 5 aromatic rings. The molecule has 1 aliphatic rings. The molecule has 3 aromatic carbocycles. The van der Waals surface area contributed by atoms with E-state index in [-0.39, 0.29) is 56.8 Å². The number of hydrogen-bond acceptors (Lipinski definition) is 8. The van der Waals surface area contributed by atoms with Gasteiger partial charge in [0, 0.05) is 29.9 Å². The van der Waals surface area contributed by atoms with Crippen LogP contribution in [-0.2, 0) is 22.6 Å². The summed E-state index contributed by atoms with van der Waals surface area (Å²) in [5, 5.41) is 12.5. The van der Waals surface area contributed by atoms with Gasteiger partial charge in [0.05, 0.1) is 28.4 Å². The summed E-state index contributed by atoms with van der Waals surface area (Å²) in [7, 11) is -4.02. The van der Waals surface area contributed by atoms with Crippen molar-refractivity contribution in [1.29, 1.82) is 0 Å². The highest BCUT2D eigenvalue weighted by Gasteiger charge is 2.43. The molecule has 6 rings (SSSR count). The summed E-state index contributed by atoms with van der Waals surface area (Å²) in [5.41, 5.74) is -1.39. The smallest absolute Gasteiger partial charge is 0.440 e. The van der Waals surface area contributed by atoms with Crippen LogP contribution in [0.1, 0.15) is 17.1 Å². The van der Waals surface area contributed by atoms with Crippen molar-refractivity contribution >= 4 is 21.4 Å². The van der Waals surface area contributed by atoms with Gasteiger partial charge >= 0.3 is 12.5 Å². The second-order valence-corrected chi connectivity index (χ2v) is 12.5. The zero-order valence-corrected chi connectivity index (χ0v) is 24.9. The third-order valence-electron chi connectivity index (χ3n) is 6.88. The van der Waals surface area contributed by atoms with Gasteiger partial charge < -0.3 is 19.0 Å². The van der Waals surface area contributed by atoms with Crippen molar-refractivity contribution in [1.82, 2.24) is 14.8 Å². The molecule has 0 atom stereocenters. The van der Waals surface area contributed by atoms with Gasteiger partial charge in [-0.2, -0.15) is 18.3 Å². The van der Waals surface area contributed by atoms with Crippen LogP contribution in [0.4, 0.5) is 26.3 Å². The Labute approximate surface area is 260 Å². The van der Waals surface area contributed by atoms with E-state index in [9.17, 15) is 35.5 Å². The zero-order chi connectivity index (χ0) is 33.3. The van der Waals surface area contributed by atoms with Crippen molar-refractivity contribution in [2.75, 3.05) is 6.26 Å². The lowest BCUT2D eigenvalue weighted by Gasteiger charge is -2.14. The van der Waals surface area contributed by atoms with Crippen LogP contribution >= 0.6 is 11.6 Å². The number of rotatable bonds is 6. The SMILES string of the molecule is Cc1nc(-c2ccc3c(c2)OC(F)(F)O3)c(-c2cc(-c3cc(F)c(CO)c(S(C)(=O)=O)c3)ccc2-n2cc(Cl)c(C(F)(F)F)n2)o1. The van der Waals surface area contributed by atoms with Gasteiger partial charge in [-0.05, 0) is 53.6 Å². The fraction of sp³-hybridized carbons (Fsp3) is 0.172. The normalized spacial score (nSPS) is 14.2. The predicted octanol–water partition coefficient (Wildman–Crippen LogP) is 7.20. The second-order valence-electron chi connectivity index (χ2n) is 10.1. The van der Waals surface area contributed by atoms with E-state index in [0.29, 0.717) is 0 Å². The number of aliphatic hydroxyl groups is 1. The summed E-state index contributed by atoms with van der Waals surface area (Å²) < 4.78 is 124. The lowest BCUT2D eigenvalue weighted by atomic mass is 9.97. The lowest BCUT2D eigenvalue weighted by molar-refractivity contribution is -0.286. The fourth-order valence-electron chi connectivity index (χ4n) is 4.93. The molecule has 9 nitrogen and oxygen atoms in total. The van der Waals surface area contributed by atoms with Crippen LogP contribution in [0.25, 0.3) is 39.4 Å². The van der Waals surface area contributed by atoms with E-state index >= 15 is 4.39 Å². The molecule has 46 heavy (non-hydrogen) atoms. The van der Waals surface area contributed by atoms with Gasteiger partial charge in [0.1, 0.15) is 11.5 Å². The van der Waals surface area contributed by atoms with Crippen LogP contribution in [0, 0.1) is 12.7 Å². The fourth-order valence-corrected chi connectivity index (χ4v) is 6.12. The van der Waals surface area contributed by atoms with Gasteiger partial charge in [0.25, 0.3) is 0 Å². The van der Waals surface area contributed by atoms with Crippen LogP contribution in [0.5, 0.6) is 11.5 Å². The number of aryl methyl sites for hydroxylation is 1. The maximum absolute atomic E-state index is 15.0. The standard InChI is InChI=1S/C29H18ClF6N3O6S/c1-13-37-25(15-4-6-22-23(9-15)45-29(35,36)44-22)26(43-13)17-7-14(16-8-20(31)18(12-40)24(10-16)46(2,41)42)3-5-21(17)39-11-19(30)27(38-39)28(32,33)34/h3-11,40H,12H2,1-2H3. The van der Waals surface area contributed by atoms with Gasteiger partial charge in [-0.1, -0.05) is 17.7 Å². The Morgan fingerprint density at radius 1 is 1.00 bits per heavy atom. The van der Waals surface area contributed by atoms with Crippen molar-refractivity contribution in [3.05, 3.63) is 82.7 Å². The van der Waals surface area contributed by atoms with E-state index in [1.165, 1.54) is 43.3 Å². The van der Waals surface area contributed by atoms with Crippen molar-refractivity contribution in [2.45, 2.75) is 30.9 Å². The molecule has 0 amide bonds. The monoisotopic (exact) mass is 685 g/mol. The summed E-state index contributed by atoms with van der Waals surface area (Å²) in [4.78, 5) is 3.87. The van der Waals surface area contributed by atoms with Gasteiger partial charge in [0.2, 0.25) is 0 Å². The van der Waals surface area contributed by atoms with E-state index in [1.54, 1.807) is 0 Å². The van der Waals surface area contributed by atoms with Gasteiger partial charge in [0.15, 0.2) is 38.7 Å². The number of aliphatic hydroxyl groups excluding tert-OH is 1. The molecule has 0 radical (unpaired) electrons. The van der Waals surface area contributed by atoms with E-state index in [0.717, 1.165) is 29.3 Å². The first kappa shape index (κ1) is 31.4. The maximum atomic E-state index is 15.0. The molecule has 0 aliphatic carbocycles. The molecular formula is C29H18ClF6N3O6S. The molecule has 0 saturated carbocycles. The molecule has 1 N–H and O–H groups in total. The molecule has 17 heteroatoms. The quantitative estimate of drug-likeness (QED) is 0.187. The number of fused-ring (bicyclic) bond motifs is 1. The molecule has 2 aromatic heterocycles. The number of aromatic nitrogens is 3. The number of sulfone groups is 1. The number of ether oxygens (including phenoxy) is 2. The third kappa shape index (κ3) is 5.67. The minimum Gasteiger partial charge on any atom is -0.440 e. The maximum Gasteiger partial charge on any atom is 0.586 e. The predicted molar refractivity (Wildman–Crippen MR) is 150 cm³/mol. The largest absolute Gasteiger partial charge is 0.586 e. The molecule has 0 fully saturated rings. The second kappa shape index (κ2) is 10.8. The minimum atomic E-state index is -4.90. The van der Waals surface area contributed by atoms with Crippen LogP contribution in [0.15, 0.2) is 64.0 Å². The average molecular weight is 686 g/mol. The van der Waals surface area contributed by atoms with Gasteiger partial charge in [-0.3, -0.25) is 0 Å². The number of oxazole rings is 1. The Morgan fingerprint density at radius 3 is 2.35 bits per heavy atom. The summed E-state index contributed by atoms with van der Waals surface area (Å²) >= 11 is 5.87. The molecular weight excluding hydrogens is 668 g/mol. The third-order valence-corrected chi connectivity index (χ3v) is 8.32. The van der Waals surface area contributed by atoms with Crippen molar-refractivity contribution < 1.29 is 53.8 Å². The van der Waals surface area contributed by atoms with Gasteiger partial charge in [-0.25, -0.2) is 22.5 Å². The molecule has 0 saturated heterocycles. The molecule has 1 aliphatic heterocycles.